The number of rotatable bonds is 3. The van der Waals surface area contributed by atoms with Crippen molar-refractivity contribution in [2.75, 3.05) is 0 Å². The molecule has 0 saturated carbocycles. The lowest BCUT2D eigenvalue weighted by Crippen LogP contribution is -1.83. The van der Waals surface area contributed by atoms with Crippen LogP contribution in [0.2, 0.25) is 8.67 Å². The molecule has 24 heavy (non-hydrogen) atoms. The van der Waals surface area contributed by atoms with Crippen LogP contribution in [0.1, 0.15) is 9.75 Å². The molecule has 4 aromatic rings. The highest BCUT2D eigenvalue weighted by atomic mass is 35.5. The molecule has 4 rings (SSSR count). The Labute approximate surface area is 157 Å². The molecule has 122 valence electrons. The molecular weight excluding hydrogens is 381 g/mol. The van der Waals surface area contributed by atoms with Crippen molar-refractivity contribution < 1.29 is 0 Å². The summed E-state index contributed by atoms with van der Waals surface area (Å²) in [5.74, 6) is 0.799. The SMILES string of the molecule is Cc1sc(Cl)cc1-c1nc(-c2ccc[nH]2)[nH]c1-c1cc(Cl)sc1C. The van der Waals surface area contributed by atoms with E-state index in [0.717, 1.165) is 52.5 Å². The van der Waals surface area contributed by atoms with Crippen LogP contribution in [0.4, 0.5) is 0 Å². The van der Waals surface area contributed by atoms with Crippen molar-refractivity contribution in [3.63, 3.8) is 0 Å². The van der Waals surface area contributed by atoms with Crippen molar-refractivity contribution in [2.24, 2.45) is 0 Å². The van der Waals surface area contributed by atoms with Crippen molar-refractivity contribution in [3.8, 4) is 34.0 Å². The Morgan fingerprint density at radius 3 is 2.21 bits per heavy atom. The van der Waals surface area contributed by atoms with Gasteiger partial charge in [-0.25, -0.2) is 4.98 Å². The Bertz CT molecular complexity index is 945. The number of halogens is 2. The molecule has 0 unspecified atom stereocenters. The van der Waals surface area contributed by atoms with E-state index >= 15 is 0 Å². The maximum Gasteiger partial charge on any atom is 0.155 e. The summed E-state index contributed by atoms with van der Waals surface area (Å²) >= 11 is 15.6. The normalized spacial score (nSPS) is 11.3. The number of nitrogens with one attached hydrogen (secondary N) is 2. The molecule has 0 saturated heterocycles. The first kappa shape index (κ1) is 16.0. The average Bonchev–Trinajstić information content (AvgIpc) is 3.25. The van der Waals surface area contributed by atoms with Gasteiger partial charge in [0.25, 0.3) is 0 Å². The Morgan fingerprint density at radius 1 is 1.00 bits per heavy atom. The minimum absolute atomic E-state index is 0.762. The lowest BCUT2D eigenvalue weighted by atomic mass is 10.1. The number of hydrogen-bond acceptors (Lipinski definition) is 3. The molecule has 0 fully saturated rings. The molecule has 0 bridgehead atoms. The largest absolute Gasteiger partial charge is 0.359 e. The Balaban J connectivity index is 1.97. The van der Waals surface area contributed by atoms with Gasteiger partial charge in [-0.15, -0.1) is 22.7 Å². The van der Waals surface area contributed by atoms with Gasteiger partial charge in [-0.2, -0.15) is 0 Å². The summed E-state index contributed by atoms with van der Waals surface area (Å²) in [7, 11) is 0. The molecule has 4 aromatic heterocycles. The number of aromatic amines is 2. The Morgan fingerprint density at radius 2 is 1.67 bits per heavy atom. The van der Waals surface area contributed by atoms with Crippen LogP contribution in [0.25, 0.3) is 34.0 Å². The summed E-state index contributed by atoms with van der Waals surface area (Å²) in [5.41, 5.74) is 4.94. The number of aromatic nitrogens is 3. The number of thiophene rings is 2. The fraction of sp³-hybridized carbons (Fsp3) is 0.118. The molecule has 0 amide bonds. The van der Waals surface area contributed by atoms with Gasteiger partial charge in [0.05, 0.1) is 25.8 Å². The predicted octanol–water partition coefficient (Wildman–Crippen LogP) is 6.79. The zero-order valence-corrected chi connectivity index (χ0v) is 16.1. The van der Waals surface area contributed by atoms with Gasteiger partial charge in [0.15, 0.2) is 5.82 Å². The highest BCUT2D eigenvalue weighted by Crippen LogP contribution is 2.42. The van der Waals surface area contributed by atoms with Crippen molar-refractivity contribution in [1.29, 1.82) is 0 Å². The molecule has 4 heterocycles. The number of H-pyrrole nitrogens is 2. The van der Waals surface area contributed by atoms with Crippen LogP contribution >= 0.6 is 45.9 Å². The molecule has 0 aromatic carbocycles. The summed E-state index contributed by atoms with van der Waals surface area (Å²) in [4.78, 5) is 13.8. The smallest absolute Gasteiger partial charge is 0.155 e. The van der Waals surface area contributed by atoms with Crippen molar-refractivity contribution in [3.05, 3.63) is 48.9 Å². The number of imidazole rings is 1. The Kier molecular flexibility index (Phi) is 4.04. The highest BCUT2D eigenvalue weighted by Gasteiger charge is 2.21. The van der Waals surface area contributed by atoms with Gasteiger partial charge < -0.3 is 9.97 Å². The maximum absolute atomic E-state index is 6.21. The summed E-state index contributed by atoms with van der Waals surface area (Å²) < 4.78 is 1.53. The summed E-state index contributed by atoms with van der Waals surface area (Å²) in [6, 6.07) is 7.91. The maximum atomic E-state index is 6.21. The molecule has 0 spiro atoms. The second kappa shape index (κ2) is 6.08. The predicted molar refractivity (Wildman–Crippen MR) is 104 cm³/mol. The average molecular weight is 394 g/mol. The summed E-state index contributed by atoms with van der Waals surface area (Å²) in [5, 5.41) is 0. The van der Waals surface area contributed by atoms with E-state index in [1.54, 1.807) is 22.7 Å². The molecule has 0 atom stereocenters. The van der Waals surface area contributed by atoms with Crippen LogP contribution < -0.4 is 0 Å². The third-order valence-electron chi connectivity index (χ3n) is 3.86. The van der Waals surface area contributed by atoms with E-state index in [-0.39, 0.29) is 0 Å². The van der Waals surface area contributed by atoms with E-state index in [1.807, 2.05) is 30.5 Å². The monoisotopic (exact) mass is 393 g/mol. The molecule has 0 aliphatic carbocycles. The second-order valence-electron chi connectivity index (χ2n) is 5.43. The number of hydrogen-bond donors (Lipinski definition) is 2. The van der Waals surface area contributed by atoms with Crippen LogP contribution in [-0.4, -0.2) is 15.0 Å². The minimum atomic E-state index is 0.762. The Hall–Kier alpha value is -1.53. The topological polar surface area (TPSA) is 44.5 Å². The third-order valence-corrected chi connectivity index (χ3v) is 6.22. The lowest BCUT2D eigenvalue weighted by Gasteiger charge is -2.01. The quantitative estimate of drug-likeness (QED) is 0.395. The highest BCUT2D eigenvalue weighted by molar-refractivity contribution is 7.17. The van der Waals surface area contributed by atoms with Crippen LogP contribution in [0.3, 0.4) is 0 Å². The molecule has 0 aliphatic heterocycles. The van der Waals surface area contributed by atoms with Crippen LogP contribution in [0.15, 0.2) is 30.5 Å². The van der Waals surface area contributed by atoms with E-state index in [9.17, 15) is 0 Å². The molecular formula is C17H13Cl2N3S2. The number of nitrogens with zero attached hydrogens (tertiary/aromatic N) is 1. The summed E-state index contributed by atoms with van der Waals surface area (Å²) in [6.45, 7) is 4.13. The first-order chi connectivity index (χ1) is 11.5. The van der Waals surface area contributed by atoms with E-state index in [2.05, 4.69) is 23.8 Å². The van der Waals surface area contributed by atoms with E-state index < -0.39 is 0 Å². The lowest BCUT2D eigenvalue weighted by molar-refractivity contribution is 1.26. The van der Waals surface area contributed by atoms with Crippen molar-refractivity contribution >= 4 is 45.9 Å². The molecule has 2 N–H and O–H groups in total. The fourth-order valence-corrected chi connectivity index (χ4v) is 5.13. The van der Waals surface area contributed by atoms with E-state index in [4.69, 9.17) is 28.2 Å². The molecule has 3 nitrogen and oxygen atoms in total. The van der Waals surface area contributed by atoms with Crippen LogP contribution in [-0.2, 0) is 0 Å². The van der Waals surface area contributed by atoms with Crippen LogP contribution in [0, 0.1) is 13.8 Å². The van der Waals surface area contributed by atoms with Gasteiger partial charge >= 0.3 is 0 Å². The van der Waals surface area contributed by atoms with Crippen molar-refractivity contribution in [1.82, 2.24) is 15.0 Å². The fourth-order valence-electron chi connectivity index (χ4n) is 2.74. The van der Waals surface area contributed by atoms with Gasteiger partial charge in [0.1, 0.15) is 0 Å². The standard InChI is InChI=1S/C17H13Cl2N3S2/c1-8-10(6-13(18)23-8)15-16(11-7-14(19)24-9(11)2)22-17(21-15)12-4-3-5-20-12/h3-7,20H,1-2H3,(H,21,22). The first-order valence-corrected chi connectivity index (χ1v) is 9.68. The zero-order valence-electron chi connectivity index (χ0n) is 12.9. The van der Waals surface area contributed by atoms with E-state index in [1.165, 1.54) is 0 Å². The molecule has 7 heteroatoms. The van der Waals surface area contributed by atoms with E-state index in [0.29, 0.717) is 0 Å². The molecule has 0 aliphatic rings. The van der Waals surface area contributed by atoms with Gasteiger partial charge in [-0.3, -0.25) is 0 Å². The minimum Gasteiger partial charge on any atom is -0.359 e. The van der Waals surface area contributed by atoms with Crippen LogP contribution in [0.5, 0.6) is 0 Å². The first-order valence-electron chi connectivity index (χ1n) is 7.29. The number of aryl methyl sites for hydroxylation is 2. The van der Waals surface area contributed by atoms with Gasteiger partial charge in [0.2, 0.25) is 0 Å². The van der Waals surface area contributed by atoms with Gasteiger partial charge in [-0.1, -0.05) is 23.2 Å². The summed E-state index contributed by atoms with van der Waals surface area (Å²) in [6.07, 6.45) is 1.89. The second-order valence-corrected chi connectivity index (χ2v) is 9.21. The van der Waals surface area contributed by atoms with Gasteiger partial charge in [0, 0.05) is 27.1 Å². The zero-order chi connectivity index (χ0) is 16.8. The van der Waals surface area contributed by atoms with Gasteiger partial charge in [-0.05, 0) is 38.1 Å². The molecule has 0 radical (unpaired) electrons. The third kappa shape index (κ3) is 2.71. The van der Waals surface area contributed by atoms with Crippen molar-refractivity contribution in [2.45, 2.75) is 13.8 Å².